The zero-order valence-electron chi connectivity index (χ0n) is 14.5. The molecule has 0 spiro atoms. The lowest BCUT2D eigenvalue weighted by molar-refractivity contribution is -0.114. The maximum atomic E-state index is 12.3. The molecule has 0 fully saturated rings. The molecule has 2 aromatic carbocycles. The third kappa shape index (κ3) is 4.11. The molecule has 26 heavy (non-hydrogen) atoms. The molecule has 3 rings (SSSR count). The van der Waals surface area contributed by atoms with Crippen molar-refractivity contribution in [1.29, 1.82) is 0 Å². The van der Waals surface area contributed by atoms with Crippen molar-refractivity contribution < 1.29 is 24.2 Å². The summed E-state index contributed by atoms with van der Waals surface area (Å²) in [5, 5.41) is 9.28. The predicted octanol–water partition coefficient (Wildman–Crippen LogP) is 3.93. The van der Waals surface area contributed by atoms with E-state index in [0.717, 1.165) is 5.56 Å². The number of carboxylic acids is 1. The summed E-state index contributed by atoms with van der Waals surface area (Å²) in [5.41, 5.74) is 1.76. The van der Waals surface area contributed by atoms with Crippen LogP contribution in [0.2, 0.25) is 0 Å². The Hall–Kier alpha value is -3.08. The molecular weight excluding hydrogens is 332 g/mol. The average Bonchev–Trinajstić information content (AvgIpc) is 2.66. The van der Waals surface area contributed by atoms with Crippen molar-refractivity contribution >= 4 is 17.8 Å². The lowest BCUT2D eigenvalue weighted by atomic mass is 9.91. The lowest BCUT2D eigenvalue weighted by Gasteiger charge is -2.18. The summed E-state index contributed by atoms with van der Waals surface area (Å²) in [6.45, 7) is 2.91. The number of benzene rings is 2. The van der Waals surface area contributed by atoms with Crippen molar-refractivity contribution in [2.75, 3.05) is 13.2 Å². The van der Waals surface area contributed by atoms with Crippen LogP contribution in [0.1, 0.15) is 40.7 Å². The molecule has 0 amide bonds. The fraction of sp³-hybridized carbons (Fsp3) is 0.238. The van der Waals surface area contributed by atoms with Crippen LogP contribution in [-0.4, -0.2) is 30.1 Å². The summed E-state index contributed by atoms with van der Waals surface area (Å²) in [6, 6.07) is 12.3. The summed E-state index contributed by atoms with van der Waals surface area (Å²) in [5.74, 6) is 0.159. The molecule has 0 saturated carbocycles. The van der Waals surface area contributed by atoms with Gasteiger partial charge in [-0.1, -0.05) is 37.3 Å². The van der Waals surface area contributed by atoms with Gasteiger partial charge in [0.25, 0.3) is 0 Å². The largest absolute Gasteiger partial charge is 0.486 e. The molecule has 5 nitrogen and oxygen atoms in total. The first-order valence-electron chi connectivity index (χ1n) is 8.47. The van der Waals surface area contributed by atoms with Gasteiger partial charge < -0.3 is 14.6 Å². The molecule has 1 atom stereocenters. The van der Waals surface area contributed by atoms with E-state index < -0.39 is 5.97 Å². The van der Waals surface area contributed by atoms with Gasteiger partial charge in [0.1, 0.15) is 13.2 Å². The van der Waals surface area contributed by atoms with Crippen LogP contribution in [0.5, 0.6) is 11.5 Å². The number of carboxylic acid groups (broad SMARTS) is 1. The highest BCUT2D eigenvalue weighted by atomic mass is 16.6. The zero-order valence-corrected chi connectivity index (χ0v) is 14.5. The number of allylic oxidation sites excluding steroid dienone is 1. The second kappa shape index (κ2) is 7.87. The van der Waals surface area contributed by atoms with E-state index in [1.807, 2.05) is 25.1 Å². The highest BCUT2D eigenvalue weighted by Gasteiger charge is 2.17. The highest BCUT2D eigenvalue weighted by Crippen LogP contribution is 2.31. The minimum absolute atomic E-state index is 0.0624. The van der Waals surface area contributed by atoms with E-state index in [9.17, 15) is 14.7 Å². The Morgan fingerprint density at radius 2 is 1.85 bits per heavy atom. The molecular formula is C21H20O5. The first-order valence-corrected chi connectivity index (χ1v) is 8.47. The summed E-state index contributed by atoms with van der Waals surface area (Å²) in [4.78, 5) is 23.6. The summed E-state index contributed by atoms with van der Waals surface area (Å²) < 4.78 is 11.0. The number of fused-ring (bicyclic) bond motifs is 1. The Kier molecular flexibility index (Phi) is 5.37. The number of aromatic carboxylic acids is 1. The number of hydrogen-bond acceptors (Lipinski definition) is 4. The first-order chi connectivity index (χ1) is 12.5. The molecule has 1 aliphatic heterocycles. The Balaban J connectivity index is 1.67. The van der Waals surface area contributed by atoms with E-state index in [-0.39, 0.29) is 23.7 Å². The van der Waals surface area contributed by atoms with Crippen molar-refractivity contribution in [3.05, 3.63) is 65.2 Å². The standard InChI is InChI=1S/C21H20O5/c1-14(17-4-2-3-5-18(17)21(23)24)12-16(22)8-6-15-7-9-19-20(13-15)26-11-10-25-19/h2-9,13-14H,10-12H2,1H3,(H,23,24). The molecule has 0 bridgehead atoms. The number of ketones is 1. The lowest BCUT2D eigenvalue weighted by Crippen LogP contribution is -2.15. The van der Waals surface area contributed by atoms with Crippen LogP contribution >= 0.6 is 0 Å². The van der Waals surface area contributed by atoms with Gasteiger partial charge in [0, 0.05) is 6.42 Å². The van der Waals surface area contributed by atoms with Gasteiger partial charge in [0.2, 0.25) is 0 Å². The number of carbonyl (C=O) groups excluding carboxylic acids is 1. The van der Waals surface area contributed by atoms with E-state index in [1.54, 1.807) is 30.3 Å². The maximum absolute atomic E-state index is 12.3. The summed E-state index contributed by atoms with van der Waals surface area (Å²) >= 11 is 0. The van der Waals surface area contributed by atoms with Gasteiger partial charge in [-0.3, -0.25) is 4.79 Å². The van der Waals surface area contributed by atoms with E-state index in [1.165, 1.54) is 6.08 Å². The van der Waals surface area contributed by atoms with E-state index in [2.05, 4.69) is 0 Å². The van der Waals surface area contributed by atoms with Crippen LogP contribution in [0.15, 0.2) is 48.5 Å². The van der Waals surface area contributed by atoms with Gasteiger partial charge in [-0.15, -0.1) is 0 Å². The van der Waals surface area contributed by atoms with Crippen LogP contribution in [0.4, 0.5) is 0 Å². The third-order valence-electron chi connectivity index (χ3n) is 4.26. The molecule has 0 radical (unpaired) electrons. The van der Waals surface area contributed by atoms with Gasteiger partial charge in [-0.05, 0) is 41.3 Å². The Bertz CT molecular complexity index is 853. The quantitative estimate of drug-likeness (QED) is 0.798. The Morgan fingerprint density at radius 3 is 2.62 bits per heavy atom. The minimum Gasteiger partial charge on any atom is -0.486 e. The van der Waals surface area contributed by atoms with Crippen molar-refractivity contribution in [2.24, 2.45) is 0 Å². The monoisotopic (exact) mass is 352 g/mol. The van der Waals surface area contributed by atoms with Crippen molar-refractivity contribution in [2.45, 2.75) is 19.3 Å². The Morgan fingerprint density at radius 1 is 1.12 bits per heavy atom. The second-order valence-corrected chi connectivity index (χ2v) is 6.20. The number of ether oxygens (including phenoxy) is 2. The summed E-state index contributed by atoms with van der Waals surface area (Å²) in [7, 11) is 0. The van der Waals surface area contributed by atoms with Crippen LogP contribution < -0.4 is 9.47 Å². The molecule has 1 heterocycles. The van der Waals surface area contributed by atoms with Gasteiger partial charge in [-0.2, -0.15) is 0 Å². The minimum atomic E-state index is -0.980. The fourth-order valence-electron chi connectivity index (χ4n) is 2.95. The highest BCUT2D eigenvalue weighted by molar-refractivity contribution is 5.95. The first kappa shape index (κ1) is 17.7. The molecule has 0 aliphatic carbocycles. The van der Waals surface area contributed by atoms with Crippen molar-refractivity contribution in [3.63, 3.8) is 0 Å². The Labute approximate surface area is 151 Å². The number of carbonyl (C=O) groups is 2. The average molecular weight is 352 g/mol. The molecule has 5 heteroatoms. The van der Waals surface area contributed by atoms with Crippen LogP contribution in [0.3, 0.4) is 0 Å². The zero-order chi connectivity index (χ0) is 18.5. The fourth-order valence-corrected chi connectivity index (χ4v) is 2.95. The predicted molar refractivity (Wildman–Crippen MR) is 97.9 cm³/mol. The molecule has 2 aromatic rings. The van der Waals surface area contributed by atoms with Gasteiger partial charge >= 0.3 is 5.97 Å². The van der Waals surface area contributed by atoms with Gasteiger partial charge in [-0.25, -0.2) is 4.79 Å². The summed E-state index contributed by atoms with van der Waals surface area (Å²) in [6.07, 6.45) is 3.49. The van der Waals surface area contributed by atoms with Crippen LogP contribution in [-0.2, 0) is 4.79 Å². The number of hydrogen-bond donors (Lipinski definition) is 1. The van der Waals surface area contributed by atoms with Crippen molar-refractivity contribution in [3.8, 4) is 11.5 Å². The smallest absolute Gasteiger partial charge is 0.335 e. The van der Waals surface area contributed by atoms with Gasteiger partial charge in [0.05, 0.1) is 5.56 Å². The van der Waals surface area contributed by atoms with Crippen LogP contribution in [0, 0.1) is 0 Å². The number of rotatable bonds is 6. The molecule has 134 valence electrons. The van der Waals surface area contributed by atoms with Crippen LogP contribution in [0.25, 0.3) is 6.08 Å². The van der Waals surface area contributed by atoms with Crippen molar-refractivity contribution in [1.82, 2.24) is 0 Å². The molecule has 1 N–H and O–H groups in total. The molecule has 1 aliphatic rings. The molecule has 0 aromatic heterocycles. The normalized spacial score (nSPS) is 14.2. The van der Waals surface area contributed by atoms with E-state index in [0.29, 0.717) is 30.3 Å². The van der Waals surface area contributed by atoms with E-state index in [4.69, 9.17) is 9.47 Å². The second-order valence-electron chi connectivity index (χ2n) is 6.20. The SMILES string of the molecule is CC(CC(=O)C=Cc1ccc2c(c1)OCCO2)c1ccccc1C(=O)O. The molecule has 1 unspecified atom stereocenters. The topological polar surface area (TPSA) is 72.8 Å². The third-order valence-corrected chi connectivity index (χ3v) is 4.26. The maximum Gasteiger partial charge on any atom is 0.335 e. The van der Waals surface area contributed by atoms with Gasteiger partial charge in [0.15, 0.2) is 17.3 Å². The molecule has 0 saturated heterocycles. The van der Waals surface area contributed by atoms with E-state index >= 15 is 0 Å².